The summed E-state index contributed by atoms with van der Waals surface area (Å²) in [6.07, 6.45) is 0.404. The van der Waals surface area contributed by atoms with E-state index in [1.807, 2.05) is 13.8 Å². The van der Waals surface area contributed by atoms with Crippen molar-refractivity contribution in [2.45, 2.75) is 26.8 Å². The monoisotopic (exact) mass is 269 g/mol. The van der Waals surface area contributed by atoms with Crippen molar-refractivity contribution in [3.8, 4) is 0 Å². The molecule has 2 N–H and O–H groups in total. The van der Waals surface area contributed by atoms with Crippen molar-refractivity contribution in [2.75, 3.05) is 19.6 Å². The predicted molar refractivity (Wildman–Crippen MR) is 67.7 cm³/mol. The van der Waals surface area contributed by atoms with E-state index in [0.717, 1.165) is 0 Å². The summed E-state index contributed by atoms with van der Waals surface area (Å²) in [7, 11) is 0. The number of carboxylic acid groups (broad SMARTS) is 1. The lowest BCUT2D eigenvalue weighted by Gasteiger charge is -2.18. The molecule has 0 aliphatic heterocycles. The van der Waals surface area contributed by atoms with Gasteiger partial charge in [-0.3, -0.25) is 4.79 Å². The van der Waals surface area contributed by atoms with Crippen molar-refractivity contribution < 1.29 is 19.2 Å². The predicted octanol–water partition coefficient (Wildman–Crippen LogP) is 0.721. The van der Waals surface area contributed by atoms with Crippen molar-refractivity contribution >= 4 is 11.9 Å². The number of carboxylic acids is 1. The number of carbonyl (C=O) groups excluding carboxylic acids is 1. The van der Waals surface area contributed by atoms with Crippen molar-refractivity contribution in [3.63, 3.8) is 0 Å². The average Bonchev–Trinajstić information content (AvgIpc) is 2.85. The van der Waals surface area contributed by atoms with Crippen molar-refractivity contribution in [3.05, 3.63) is 17.5 Å². The molecule has 0 atom stereocenters. The quantitative estimate of drug-likeness (QED) is 0.675. The van der Waals surface area contributed by atoms with Crippen LogP contribution in [0.5, 0.6) is 0 Å². The molecule has 0 fully saturated rings. The Bertz CT molecular complexity index is 426. The van der Waals surface area contributed by atoms with Gasteiger partial charge in [-0.05, 0) is 13.8 Å². The van der Waals surface area contributed by atoms with Gasteiger partial charge in [0.15, 0.2) is 11.5 Å². The molecule has 1 aromatic heterocycles. The minimum atomic E-state index is -1.12. The van der Waals surface area contributed by atoms with Crippen LogP contribution in [0.25, 0.3) is 0 Å². The fourth-order valence-corrected chi connectivity index (χ4v) is 1.64. The smallest absolute Gasteiger partial charge is 0.358 e. The molecule has 0 unspecified atom stereocenters. The summed E-state index contributed by atoms with van der Waals surface area (Å²) in [6, 6.07) is 1.36. The molecule has 7 nitrogen and oxygen atoms in total. The Morgan fingerprint density at radius 1 is 1.42 bits per heavy atom. The lowest BCUT2D eigenvalue weighted by Crippen LogP contribution is -2.32. The lowest BCUT2D eigenvalue weighted by molar-refractivity contribution is -0.130. The van der Waals surface area contributed by atoms with E-state index >= 15 is 0 Å². The van der Waals surface area contributed by atoms with Crippen molar-refractivity contribution in [1.29, 1.82) is 0 Å². The van der Waals surface area contributed by atoms with Crippen LogP contribution in [0.2, 0.25) is 0 Å². The Kier molecular flexibility index (Phi) is 6.01. The fraction of sp³-hybridized carbons (Fsp3) is 0.583. The second-order valence-corrected chi connectivity index (χ2v) is 3.98. The maximum absolute atomic E-state index is 11.7. The number of aromatic nitrogens is 1. The minimum absolute atomic E-state index is 0.0984. The Hall–Kier alpha value is -1.89. The normalized spacial score (nSPS) is 10.4. The van der Waals surface area contributed by atoms with Gasteiger partial charge in [0, 0.05) is 32.1 Å². The lowest BCUT2D eigenvalue weighted by atomic mass is 10.3. The zero-order chi connectivity index (χ0) is 14.3. The molecular formula is C12H19N3O4. The van der Waals surface area contributed by atoms with Crippen LogP contribution in [0.4, 0.5) is 0 Å². The molecule has 0 saturated carbocycles. The van der Waals surface area contributed by atoms with Crippen LogP contribution in [0.3, 0.4) is 0 Å². The first-order chi connectivity index (χ1) is 9.08. The minimum Gasteiger partial charge on any atom is -0.476 e. The number of nitrogens with zero attached hydrogens (tertiary/aromatic N) is 2. The second kappa shape index (κ2) is 7.52. The summed E-state index contributed by atoms with van der Waals surface area (Å²) in [6.45, 7) is 6.16. The largest absolute Gasteiger partial charge is 0.476 e. The topological polar surface area (TPSA) is 95.7 Å². The van der Waals surface area contributed by atoms with Gasteiger partial charge in [-0.2, -0.15) is 0 Å². The standard InChI is InChI=1S/C12H19N3O4/c1-3-15(4-2)11(16)5-6-13-8-9-7-10(12(17)18)14-19-9/h7,13H,3-6,8H2,1-2H3,(H,17,18). The van der Waals surface area contributed by atoms with Crippen LogP contribution < -0.4 is 5.32 Å². The van der Waals surface area contributed by atoms with Gasteiger partial charge < -0.3 is 19.8 Å². The van der Waals surface area contributed by atoms with Crippen LogP contribution in [0, 0.1) is 0 Å². The fourth-order valence-electron chi connectivity index (χ4n) is 1.64. The van der Waals surface area contributed by atoms with E-state index in [0.29, 0.717) is 38.4 Å². The van der Waals surface area contributed by atoms with Gasteiger partial charge in [0.2, 0.25) is 5.91 Å². The summed E-state index contributed by atoms with van der Waals surface area (Å²) < 4.78 is 4.83. The third-order valence-electron chi connectivity index (χ3n) is 2.71. The molecule has 0 saturated heterocycles. The third-order valence-corrected chi connectivity index (χ3v) is 2.71. The summed E-state index contributed by atoms with van der Waals surface area (Å²) in [5, 5.41) is 15.1. The van der Waals surface area contributed by atoms with Crippen molar-refractivity contribution in [2.24, 2.45) is 0 Å². The number of aromatic carboxylic acids is 1. The van der Waals surface area contributed by atoms with Gasteiger partial charge in [-0.25, -0.2) is 4.79 Å². The molecule has 106 valence electrons. The molecule has 19 heavy (non-hydrogen) atoms. The summed E-state index contributed by atoms with van der Waals surface area (Å²) in [5.74, 6) is -0.583. The number of rotatable bonds is 8. The highest BCUT2D eigenvalue weighted by Gasteiger charge is 2.11. The molecule has 7 heteroatoms. The highest BCUT2D eigenvalue weighted by molar-refractivity contribution is 5.85. The van der Waals surface area contributed by atoms with E-state index in [2.05, 4.69) is 10.5 Å². The van der Waals surface area contributed by atoms with Crippen molar-refractivity contribution in [1.82, 2.24) is 15.4 Å². The van der Waals surface area contributed by atoms with Crippen LogP contribution >= 0.6 is 0 Å². The summed E-state index contributed by atoms with van der Waals surface area (Å²) in [5.41, 5.74) is -0.115. The van der Waals surface area contributed by atoms with Gasteiger partial charge in [0.1, 0.15) is 0 Å². The number of hydrogen-bond acceptors (Lipinski definition) is 5. The molecule has 1 heterocycles. The maximum Gasteiger partial charge on any atom is 0.358 e. The Balaban J connectivity index is 2.27. The first-order valence-corrected chi connectivity index (χ1v) is 6.25. The summed E-state index contributed by atoms with van der Waals surface area (Å²) in [4.78, 5) is 24.0. The third kappa shape index (κ3) is 4.70. The van der Waals surface area contributed by atoms with E-state index < -0.39 is 5.97 Å². The Morgan fingerprint density at radius 2 is 2.11 bits per heavy atom. The number of carbonyl (C=O) groups is 2. The SMILES string of the molecule is CCN(CC)C(=O)CCNCc1cc(C(=O)O)no1. The number of hydrogen-bond donors (Lipinski definition) is 2. The van der Waals surface area contributed by atoms with Crippen LogP contribution in [-0.4, -0.2) is 46.7 Å². The molecular weight excluding hydrogens is 250 g/mol. The van der Waals surface area contributed by atoms with E-state index in [-0.39, 0.29) is 11.6 Å². The van der Waals surface area contributed by atoms with Gasteiger partial charge in [-0.1, -0.05) is 5.16 Å². The van der Waals surface area contributed by atoms with Crippen LogP contribution in [0.1, 0.15) is 36.5 Å². The zero-order valence-corrected chi connectivity index (χ0v) is 11.2. The van der Waals surface area contributed by atoms with Gasteiger partial charge in [-0.15, -0.1) is 0 Å². The number of amides is 1. The first kappa shape index (κ1) is 15.2. The molecule has 0 aliphatic carbocycles. The molecule has 0 spiro atoms. The van der Waals surface area contributed by atoms with Gasteiger partial charge in [0.05, 0.1) is 6.54 Å². The molecule has 0 bridgehead atoms. The Labute approximate surface area is 111 Å². The molecule has 1 rings (SSSR count). The van der Waals surface area contributed by atoms with Gasteiger partial charge in [0.25, 0.3) is 0 Å². The average molecular weight is 269 g/mol. The summed E-state index contributed by atoms with van der Waals surface area (Å²) >= 11 is 0. The number of nitrogens with one attached hydrogen (secondary N) is 1. The molecule has 1 amide bonds. The van der Waals surface area contributed by atoms with E-state index in [4.69, 9.17) is 9.63 Å². The van der Waals surface area contributed by atoms with Crippen LogP contribution in [0.15, 0.2) is 10.6 Å². The molecule has 0 aliphatic rings. The molecule has 0 radical (unpaired) electrons. The van der Waals surface area contributed by atoms with E-state index in [1.54, 1.807) is 4.90 Å². The first-order valence-electron chi connectivity index (χ1n) is 6.25. The van der Waals surface area contributed by atoms with Gasteiger partial charge >= 0.3 is 5.97 Å². The zero-order valence-electron chi connectivity index (χ0n) is 11.2. The second-order valence-electron chi connectivity index (χ2n) is 3.98. The highest BCUT2D eigenvalue weighted by Crippen LogP contribution is 2.03. The Morgan fingerprint density at radius 3 is 2.63 bits per heavy atom. The van der Waals surface area contributed by atoms with Crippen LogP contribution in [-0.2, 0) is 11.3 Å². The maximum atomic E-state index is 11.7. The molecule has 0 aromatic carbocycles. The van der Waals surface area contributed by atoms with E-state index in [1.165, 1.54) is 6.07 Å². The highest BCUT2D eigenvalue weighted by atomic mass is 16.5. The molecule has 1 aromatic rings. The van der Waals surface area contributed by atoms with E-state index in [9.17, 15) is 9.59 Å².